The fourth-order valence-electron chi connectivity index (χ4n) is 2.08. The Labute approximate surface area is 113 Å². The van der Waals surface area contributed by atoms with Gasteiger partial charge >= 0.3 is 10.2 Å². The molecule has 1 aromatic carbocycles. The fourth-order valence-corrected chi connectivity index (χ4v) is 3.39. The van der Waals surface area contributed by atoms with Gasteiger partial charge in [0, 0.05) is 19.6 Å². The van der Waals surface area contributed by atoms with Gasteiger partial charge in [0.2, 0.25) is 0 Å². The second-order valence-corrected chi connectivity index (χ2v) is 6.12. The number of nitrogens with one attached hydrogen (secondary N) is 1. The predicted octanol–water partition coefficient (Wildman–Crippen LogP) is 0.906. The van der Waals surface area contributed by atoms with E-state index >= 15 is 0 Å². The van der Waals surface area contributed by atoms with Gasteiger partial charge in [0.1, 0.15) is 5.75 Å². The van der Waals surface area contributed by atoms with Crippen LogP contribution >= 0.6 is 0 Å². The summed E-state index contributed by atoms with van der Waals surface area (Å²) < 4.78 is 33.5. The van der Waals surface area contributed by atoms with Crippen LogP contribution < -0.4 is 15.2 Å². The lowest BCUT2D eigenvalue weighted by atomic mass is 10.2. The Bertz CT molecular complexity index is 539. The van der Waals surface area contributed by atoms with Gasteiger partial charge in [-0.2, -0.15) is 12.7 Å². The molecule has 1 aromatic rings. The van der Waals surface area contributed by atoms with Crippen LogP contribution in [0.4, 0.5) is 5.69 Å². The monoisotopic (exact) mass is 285 g/mol. The van der Waals surface area contributed by atoms with Crippen molar-refractivity contribution in [1.82, 2.24) is 4.31 Å². The Morgan fingerprint density at radius 2 is 2.05 bits per heavy atom. The highest BCUT2D eigenvalue weighted by atomic mass is 32.2. The molecule has 1 fully saturated rings. The van der Waals surface area contributed by atoms with Crippen molar-refractivity contribution in [2.24, 2.45) is 5.73 Å². The minimum Gasteiger partial charge on any atom is -0.495 e. The molecule has 0 saturated carbocycles. The zero-order valence-corrected chi connectivity index (χ0v) is 11.7. The van der Waals surface area contributed by atoms with E-state index in [0.717, 1.165) is 18.4 Å². The molecule has 1 saturated heterocycles. The van der Waals surface area contributed by atoms with E-state index in [2.05, 4.69) is 4.72 Å². The zero-order chi connectivity index (χ0) is 13.9. The molecule has 6 nitrogen and oxygen atoms in total. The van der Waals surface area contributed by atoms with Crippen LogP contribution in [0.5, 0.6) is 5.75 Å². The van der Waals surface area contributed by atoms with Crippen molar-refractivity contribution in [3.05, 3.63) is 23.8 Å². The number of ether oxygens (including phenoxy) is 1. The third-order valence-electron chi connectivity index (χ3n) is 3.15. The SMILES string of the molecule is COc1cc(CN)ccc1NS(=O)(=O)N1CCCC1. The molecule has 19 heavy (non-hydrogen) atoms. The molecule has 0 unspecified atom stereocenters. The Balaban J connectivity index is 2.22. The van der Waals surface area contributed by atoms with E-state index in [0.29, 0.717) is 31.1 Å². The van der Waals surface area contributed by atoms with Gasteiger partial charge in [-0.25, -0.2) is 0 Å². The van der Waals surface area contributed by atoms with E-state index < -0.39 is 10.2 Å². The molecule has 7 heteroatoms. The van der Waals surface area contributed by atoms with Crippen LogP contribution in [0.1, 0.15) is 18.4 Å². The third kappa shape index (κ3) is 3.17. The number of methoxy groups -OCH3 is 1. The number of nitrogens with two attached hydrogens (primary N) is 1. The highest BCUT2D eigenvalue weighted by molar-refractivity contribution is 7.90. The fraction of sp³-hybridized carbons (Fsp3) is 0.500. The Hall–Kier alpha value is -1.31. The lowest BCUT2D eigenvalue weighted by Gasteiger charge is -2.18. The van der Waals surface area contributed by atoms with Crippen LogP contribution in [-0.4, -0.2) is 32.9 Å². The highest BCUT2D eigenvalue weighted by Gasteiger charge is 2.25. The third-order valence-corrected chi connectivity index (χ3v) is 4.67. The summed E-state index contributed by atoms with van der Waals surface area (Å²) >= 11 is 0. The topological polar surface area (TPSA) is 84.7 Å². The number of benzene rings is 1. The second-order valence-electron chi connectivity index (χ2n) is 4.45. The van der Waals surface area contributed by atoms with E-state index in [-0.39, 0.29) is 0 Å². The van der Waals surface area contributed by atoms with Crippen LogP contribution in [0.25, 0.3) is 0 Å². The molecular weight excluding hydrogens is 266 g/mol. The summed E-state index contributed by atoms with van der Waals surface area (Å²) in [5.74, 6) is 0.478. The minimum atomic E-state index is -3.49. The quantitative estimate of drug-likeness (QED) is 0.842. The molecule has 2 rings (SSSR count). The van der Waals surface area contributed by atoms with Crippen molar-refractivity contribution in [1.29, 1.82) is 0 Å². The molecule has 0 spiro atoms. The summed E-state index contributed by atoms with van der Waals surface area (Å²) in [6.07, 6.45) is 1.81. The van der Waals surface area contributed by atoms with Crippen molar-refractivity contribution >= 4 is 15.9 Å². The Kier molecular flexibility index (Phi) is 4.28. The van der Waals surface area contributed by atoms with Crippen LogP contribution in [0.3, 0.4) is 0 Å². The summed E-state index contributed by atoms with van der Waals surface area (Å²) in [5.41, 5.74) is 6.87. The first-order chi connectivity index (χ1) is 9.06. The van der Waals surface area contributed by atoms with Crippen LogP contribution in [0.2, 0.25) is 0 Å². The van der Waals surface area contributed by atoms with Crippen molar-refractivity contribution in [3.8, 4) is 5.75 Å². The van der Waals surface area contributed by atoms with Gasteiger partial charge in [-0.05, 0) is 30.5 Å². The van der Waals surface area contributed by atoms with Gasteiger partial charge in [-0.15, -0.1) is 0 Å². The van der Waals surface area contributed by atoms with Gasteiger partial charge in [0.15, 0.2) is 0 Å². The summed E-state index contributed by atoms with van der Waals surface area (Å²) in [4.78, 5) is 0. The van der Waals surface area contributed by atoms with Gasteiger partial charge in [0.05, 0.1) is 12.8 Å². The van der Waals surface area contributed by atoms with E-state index in [1.165, 1.54) is 11.4 Å². The number of nitrogens with zero attached hydrogens (tertiary/aromatic N) is 1. The molecular formula is C12H19N3O3S. The predicted molar refractivity (Wildman–Crippen MR) is 74.2 cm³/mol. The van der Waals surface area contributed by atoms with E-state index in [1.807, 2.05) is 0 Å². The average Bonchev–Trinajstić information content (AvgIpc) is 2.93. The standard InChI is InChI=1S/C12H19N3O3S/c1-18-12-8-10(9-13)4-5-11(12)14-19(16,17)15-6-2-3-7-15/h4-5,8,14H,2-3,6-7,9,13H2,1H3. The first kappa shape index (κ1) is 14.1. The van der Waals surface area contributed by atoms with Crippen LogP contribution in [0.15, 0.2) is 18.2 Å². The summed E-state index contributed by atoms with van der Waals surface area (Å²) in [5, 5.41) is 0. The maximum Gasteiger partial charge on any atom is 0.301 e. The summed E-state index contributed by atoms with van der Waals surface area (Å²) in [6, 6.07) is 5.20. The number of anilines is 1. The molecule has 0 amide bonds. The molecule has 0 bridgehead atoms. The molecule has 0 radical (unpaired) electrons. The smallest absolute Gasteiger partial charge is 0.301 e. The molecule has 0 atom stereocenters. The lowest BCUT2D eigenvalue weighted by Crippen LogP contribution is -2.33. The molecule has 0 aromatic heterocycles. The van der Waals surface area contributed by atoms with Gasteiger partial charge in [0.25, 0.3) is 0 Å². The van der Waals surface area contributed by atoms with E-state index in [9.17, 15) is 8.42 Å². The number of hydrogen-bond donors (Lipinski definition) is 2. The molecule has 3 N–H and O–H groups in total. The minimum absolute atomic E-state index is 0.384. The first-order valence-corrected chi connectivity index (χ1v) is 7.65. The van der Waals surface area contributed by atoms with Crippen LogP contribution in [0, 0.1) is 0 Å². The number of hydrogen-bond acceptors (Lipinski definition) is 4. The Morgan fingerprint density at radius 1 is 1.37 bits per heavy atom. The molecule has 106 valence electrons. The summed E-state index contributed by atoms with van der Waals surface area (Å²) in [7, 11) is -1.99. The van der Waals surface area contributed by atoms with Crippen molar-refractivity contribution in [3.63, 3.8) is 0 Å². The van der Waals surface area contributed by atoms with Gasteiger partial charge in [-0.1, -0.05) is 6.07 Å². The normalized spacial score (nSPS) is 16.5. The largest absolute Gasteiger partial charge is 0.495 e. The average molecular weight is 285 g/mol. The zero-order valence-electron chi connectivity index (χ0n) is 10.9. The number of rotatable bonds is 5. The Morgan fingerprint density at radius 3 is 2.63 bits per heavy atom. The van der Waals surface area contributed by atoms with E-state index in [1.54, 1.807) is 18.2 Å². The van der Waals surface area contributed by atoms with Gasteiger partial charge < -0.3 is 10.5 Å². The molecule has 1 heterocycles. The first-order valence-electron chi connectivity index (χ1n) is 6.21. The van der Waals surface area contributed by atoms with Crippen molar-refractivity contribution in [2.45, 2.75) is 19.4 Å². The maximum atomic E-state index is 12.2. The van der Waals surface area contributed by atoms with Crippen molar-refractivity contribution in [2.75, 3.05) is 24.9 Å². The lowest BCUT2D eigenvalue weighted by molar-refractivity contribution is 0.416. The van der Waals surface area contributed by atoms with E-state index in [4.69, 9.17) is 10.5 Å². The van der Waals surface area contributed by atoms with Crippen LogP contribution in [-0.2, 0) is 16.8 Å². The summed E-state index contributed by atoms with van der Waals surface area (Å²) in [6.45, 7) is 1.52. The van der Waals surface area contributed by atoms with Crippen molar-refractivity contribution < 1.29 is 13.2 Å². The maximum absolute atomic E-state index is 12.2. The second kappa shape index (κ2) is 5.77. The molecule has 1 aliphatic heterocycles. The molecule has 0 aliphatic carbocycles. The highest BCUT2D eigenvalue weighted by Crippen LogP contribution is 2.27. The van der Waals surface area contributed by atoms with Gasteiger partial charge in [-0.3, -0.25) is 4.72 Å². The molecule has 1 aliphatic rings.